The van der Waals surface area contributed by atoms with Crippen molar-refractivity contribution in [1.82, 2.24) is 14.9 Å². The summed E-state index contributed by atoms with van der Waals surface area (Å²) in [6.45, 7) is 1.78. The van der Waals surface area contributed by atoms with Crippen LogP contribution in [0.5, 0.6) is 5.75 Å². The highest BCUT2D eigenvalue weighted by molar-refractivity contribution is 7.91. The molecule has 3 rings (SSSR count). The van der Waals surface area contributed by atoms with Gasteiger partial charge in [0.15, 0.2) is 0 Å². The van der Waals surface area contributed by atoms with Crippen LogP contribution in [0.3, 0.4) is 0 Å². The van der Waals surface area contributed by atoms with Crippen molar-refractivity contribution >= 4 is 21.4 Å². The highest BCUT2D eigenvalue weighted by Gasteiger charge is 2.18. The van der Waals surface area contributed by atoms with Crippen LogP contribution < -0.4 is 9.46 Å². The Morgan fingerprint density at radius 2 is 2.12 bits per heavy atom. The first-order valence-corrected chi connectivity index (χ1v) is 9.31. The SMILES string of the molecule is COc1cccc(-c2noc(CNS(=O)(=O)c3ccc(C)s3)n2)c1. The van der Waals surface area contributed by atoms with Gasteiger partial charge in [-0.2, -0.15) is 4.98 Å². The Morgan fingerprint density at radius 3 is 2.83 bits per heavy atom. The Hall–Kier alpha value is -2.23. The van der Waals surface area contributed by atoms with E-state index in [1.54, 1.807) is 25.3 Å². The molecule has 0 atom stereocenters. The molecule has 1 aromatic carbocycles. The third kappa shape index (κ3) is 3.64. The van der Waals surface area contributed by atoms with Crippen LogP contribution >= 0.6 is 11.3 Å². The monoisotopic (exact) mass is 365 g/mol. The molecule has 0 saturated heterocycles. The van der Waals surface area contributed by atoms with E-state index in [-0.39, 0.29) is 16.6 Å². The minimum atomic E-state index is -3.58. The van der Waals surface area contributed by atoms with E-state index >= 15 is 0 Å². The van der Waals surface area contributed by atoms with Gasteiger partial charge in [0.05, 0.1) is 13.7 Å². The summed E-state index contributed by atoms with van der Waals surface area (Å²) in [4.78, 5) is 5.13. The average molecular weight is 365 g/mol. The van der Waals surface area contributed by atoms with Crippen LogP contribution in [-0.2, 0) is 16.6 Å². The zero-order valence-corrected chi connectivity index (χ0v) is 14.6. The van der Waals surface area contributed by atoms with Crippen molar-refractivity contribution in [3.05, 3.63) is 47.2 Å². The van der Waals surface area contributed by atoms with Gasteiger partial charge < -0.3 is 9.26 Å². The molecule has 7 nitrogen and oxygen atoms in total. The third-order valence-corrected chi connectivity index (χ3v) is 6.08. The van der Waals surface area contributed by atoms with Crippen molar-refractivity contribution in [2.75, 3.05) is 7.11 Å². The highest BCUT2D eigenvalue weighted by atomic mass is 32.2. The third-order valence-electron chi connectivity index (χ3n) is 3.19. The normalized spacial score (nSPS) is 11.6. The number of sulfonamides is 1. The van der Waals surface area contributed by atoms with E-state index < -0.39 is 10.0 Å². The number of hydrogen-bond donors (Lipinski definition) is 1. The maximum Gasteiger partial charge on any atom is 0.250 e. The Morgan fingerprint density at radius 1 is 1.29 bits per heavy atom. The van der Waals surface area contributed by atoms with Crippen LogP contribution in [0.25, 0.3) is 11.4 Å². The van der Waals surface area contributed by atoms with Gasteiger partial charge in [0.25, 0.3) is 10.0 Å². The molecule has 0 saturated carbocycles. The number of nitrogens with one attached hydrogen (secondary N) is 1. The van der Waals surface area contributed by atoms with Crippen molar-refractivity contribution in [2.24, 2.45) is 0 Å². The van der Waals surface area contributed by atoms with Gasteiger partial charge in [0.2, 0.25) is 11.7 Å². The summed E-state index contributed by atoms with van der Waals surface area (Å²) in [5.41, 5.74) is 0.723. The molecule has 0 aliphatic rings. The van der Waals surface area contributed by atoms with Crippen molar-refractivity contribution in [1.29, 1.82) is 0 Å². The molecule has 24 heavy (non-hydrogen) atoms. The lowest BCUT2D eigenvalue weighted by molar-refractivity contribution is 0.376. The summed E-state index contributed by atoms with van der Waals surface area (Å²) in [6, 6.07) is 10.5. The van der Waals surface area contributed by atoms with Crippen molar-refractivity contribution < 1.29 is 17.7 Å². The van der Waals surface area contributed by atoms with E-state index in [0.29, 0.717) is 11.6 Å². The van der Waals surface area contributed by atoms with E-state index in [9.17, 15) is 8.42 Å². The number of benzene rings is 1. The molecule has 0 fully saturated rings. The molecule has 126 valence electrons. The summed E-state index contributed by atoms with van der Waals surface area (Å²) < 4.78 is 37.3. The van der Waals surface area contributed by atoms with Crippen LogP contribution in [0, 0.1) is 6.92 Å². The summed E-state index contributed by atoms with van der Waals surface area (Å²) in [6.07, 6.45) is 0. The first-order chi connectivity index (χ1) is 11.5. The molecule has 0 bridgehead atoms. The fourth-order valence-corrected chi connectivity index (χ4v) is 4.29. The average Bonchev–Trinajstić information content (AvgIpc) is 3.22. The minimum absolute atomic E-state index is 0.0732. The van der Waals surface area contributed by atoms with Crippen LogP contribution in [0.15, 0.2) is 45.1 Å². The van der Waals surface area contributed by atoms with Gasteiger partial charge in [0, 0.05) is 10.4 Å². The van der Waals surface area contributed by atoms with Crippen molar-refractivity contribution in [2.45, 2.75) is 17.7 Å². The van der Waals surface area contributed by atoms with Gasteiger partial charge in [-0.05, 0) is 31.2 Å². The quantitative estimate of drug-likeness (QED) is 0.721. The predicted molar refractivity (Wildman–Crippen MR) is 89.4 cm³/mol. The summed E-state index contributed by atoms with van der Waals surface area (Å²) in [7, 11) is -2.01. The number of ether oxygens (including phenoxy) is 1. The molecule has 1 N–H and O–H groups in total. The van der Waals surface area contributed by atoms with Crippen LogP contribution in [0.4, 0.5) is 0 Å². The van der Waals surface area contributed by atoms with Gasteiger partial charge in [-0.3, -0.25) is 0 Å². The van der Waals surface area contributed by atoms with E-state index in [4.69, 9.17) is 9.26 Å². The van der Waals surface area contributed by atoms with Gasteiger partial charge in [-0.25, -0.2) is 13.1 Å². The Kier molecular flexibility index (Phi) is 4.65. The number of methoxy groups -OCH3 is 1. The van der Waals surface area contributed by atoms with Gasteiger partial charge >= 0.3 is 0 Å². The second kappa shape index (κ2) is 6.71. The van der Waals surface area contributed by atoms with Crippen LogP contribution in [0.2, 0.25) is 0 Å². The molecular weight excluding hydrogens is 350 g/mol. The minimum Gasteiger partial charge on any atom is -0.497 e. The second-order valence-corrected chi connectivity index (χ2v) is 8.22. The summed E-state index contributed by atoms with van der Waals surface area (Å²) in [5.74, 6) is 1.23. The van der Waals surface area contributed by atoms with Crippen molar-refractivity contribution in [3.63, 3.8) is 0 Å². The fourth-order valence-electron chi connectivity index (χ4n) is 1.99. The molecule has 0 aliphatic carbocycles. The van der Waals surface area contributed by atoms with E-state index in [2.05, 4.69) is 14.9 Å². The summed E-state index contributed by atoms with van der Waals surface area (Å²) >= 11 is 1.20. The molecule has 2 heterocycles. The Labute approximate surface area is 143 Å². The number of aryl methyl sites for hydroxylation is 1. The van der Waals surface area contributed by atoms with Crippen LogP contribution in [-0.4, -0.2) is 25.7 Å². The predicted octanol–water partition coefficient (Wildman–Crippen LogP) is 2.59. The molecule has 3 aromatic rings. The molecule has 0 aliphatic heterocycles. The first-order valence-electron chi connectivity index (χ1n) is 7.01. The van der Waals surface area contributed by atoms with Crippen molar-refractivity contribution in [3.8, 4) is 17.1 Å². The highest BCUT2D eigenvalue weighted by Crippen LogP contribution is 2.22. The maximum absolute atomic E-state index is 12.2. The van der Waals surface area contributed by atoms with E-state index in [0.717, 1.165) is 10.4 Å². The number of nitrogens with zero attached hydrogens (tertiary/aromatic N) is 2. The molecule has 9 heteroatoms. The topological polar surface area (TPSA) is 94.3 Å². The lowest BCUT2D eigenvalue weighted by atomic mass is 10.2. The Bertz CT molecular complexity index is 947. The number of aromatic nitrogens is 2. The lowest BCUT2D eigenvalue weighted by Gasteiger charge is -2.01. The van der Waals surface area contributed by atoms with Gasteiger partial charge in [-0.15, -0.1) is 11.3 Å². The first kappa shape index (κ1) is 16.6. The molecule has 0 unspecified atom stereocenters. The van der Waals surface area contributed by atoms with Gasteiger partial charge in [-0.1, -0.05) is 17.3 Å². The van der Waals surface area contributed by atoms with Crippen LogP contribution in [0.1, 0.15) is 10.8 Å². The smallest absolute Gasteiger partial charge is 0.250 e. The van der Waals surface area contributed by atoms with Gasteiger partial charge in [0.1, 0.15) is 9.96 Å². The molecule has 0 spiro atoms. The maximum atomic E-state index is 12.2. The zero-order valence-electron chi connectivity index (χ0n) is 13.0. The summed E-state index contributed by atoms with van der Waals surface area (Å²) in [5, 5.41) is 3.87. The number of hydrogen-bond acceptors (Lipinski definition) is 7. The number of rotatable bonds is 6. The van der Waals surface area contributed by atoms with E-state index in [1.807, 2.05) is 25.1 Å². The number of thiophene rings is 1. The van der Waals surface area contributed by atoms with E-state index in [1.165, 1.54) is 11.3 Å². The zero-order chi connectivity index (χ0) is 17.2. The largest absolute Gasteiger partial charge is 0.497 e. The standard InChI is InChI=1S/C15H15N3O4S2/c1-10-6-7-14(23-10)24(19,20)16-9-13-17-15(18-22-13)11-4-3-5-12(8-11)21-2/h3-8,16H,9H2,1-2H3. The molecule has 0 amide bonds. The molecule has 2 aromatic heterocycles. The second-order valence-electron chi connectivity index (χ2n) is 4.93. The molecular formula is C15H15N3O4S2. The Balaban J connectivity index is 1.72. The lowest BCUT2D eigenvalue weighted by Crippen LogP contribution is -2.22. The fraction of sp³-hybridized carbons (Fsp3) is 0.200. The molecule has 0 radical (unpaired) electrons.